The van der Waals surface area contributed by atoms with Crippen molar-refractivity contribution in [2.24, 2.45) is 5.92 Å². The van der Waals surface area contributed by atoms with E-state index in [1.54, 1.807) is 11.4 Å². The summed E-state index contributed by atoms with van der Waals surface area (Å²) < 4.78 is 0. The predicted octanol–water partition coefficient (Wildman–Crippen LogP) is 2.04. The minimum atomic E-state index is -0.0827. The maximum Gasteiger partial charge on any atom is 0.239 e. The van der Waals surface area contributed by atoms with E-state index in [1.165, 1.54) is 11.3 Å². The van der Waals surface area contributed by atoms with Gasteiger partial charge in [-0.3, -0.25) is 9.69 Å². The summed E-state index contributed by atoms with van der Waals surface area (Å²) in [7, 11) is 1.96. The number of carbonyl (C=O) groups excluding carboxylic acids is 1. The Bertz CT molecular complexity index is 515. The molecule has 114 valence electrons. The van der Waals surface area contributed by atoms with Crippen LogP contribution in [0.25, 0.3) is 0 Å². The zero-order valence-electron chi connectivity index (χ0n) is 12.2. The molecule has 0 atom stereocenters. The van der Waals surface area contributed by atoms with Gasteiger partial charge in [0.25, 0.3) is 0 Å². The van der Waals surface area contributed by atoms with Crippen LogP contribution >= 0.6 is 11.3 Å². The highest BCUT2D eigenvalue weighted by Gasteiger charge is 2.24. The molecule has 5 nitrogen and oxygen atoms in total. The number of rotatable bonds is 5. The average Bonchev–Trinajstić information content (AvgIpc) is 2.94. The van der Waals surface area contributed by atoms with Crippen LogP contribution in [-0.4, -0.2) is 42.2 Å². The van der Waals surface area contributed by atoms with Gasteiger partial charge in [0.15, 0.2) is 0 Å². The van der Waals surface area contributed by atoms with Crippen molar-refractivity contribution in [3.05, 3.63) is 17.0 Å². The van der Waals surface area contributed by atoms with Crippen molar-refractivity contribution in [1.29, 1.82) is 5.26 Å². The van der Waals surface area contributed by atoms with Crippen LogP contribution in [0.3, 0.4) is 0 Å². The second kappa shape index (κ2) is 7.55. The number of nitrogens with zero attached hydrogens (tertiary/aromatic N) is 2. The average molecular weight is 307 g/mol. The van der Waals surface area contributed by atoms with Crippen LogP contribution < -0.4 is 5.32 Å². The Morgan fingerprint density at radius 3 is 2.86 bits per heavy atom. The molecule has 1 heterocycles. The molecular weight excluding hydrogens is 286 g/mol. The Hall–Kier alpha value is -1.42. The van der Waals surface area contributed by atoms with Crippen LogP contribution in [0.4, 0.5) is 5.00 Å². The molecule has 0 saturated heterocycles. The number of nitriles is 1. The first kappa shape index (κ1) is 16.0. The number of likely N-dealkylation sites (N-methyl/N-ethyl adjacent to an activating group) is 1. The van der Waals surface area contributed by atoms with E-state index in [4.69, 9.17) is 10.4 Å². The minimum Gasteiger partial charge on any atom is -0.396 e. The first-order valence-electron chi connectivity index (χ1n) is 7.22. The second-order valence-electron chi connectivity index (χ2n) is 5.60. The smallest absolute Gasteiger partial charge is 0.239 e. The lowest BCUT2D eigenvalue weighted by atomic mass is 9.86. The third-order valence-electron chi connectivity index (χ3n) is 4.13. The lowest BCUT2D eigenvalue weighted by Crippen LogP contribution is -2.40. The maximum absolute atomic E-state index is 12.1. The normalized spacial score (nSPS) is 22.0. The van der Waals surface area contributed by atoms with Crippen LogP contribution in [0.1, 0.15) is 31.2 Å². The molecule has 0 unspecified atom stereocenters. The quantitative estimate of drug-likeness (QED) is 0.873. The van der Waals surface area contributed by atoms with Gasteiger partial charge in [-0.05, 0) is 50.1 Å². The summed E-state index contributed by atoms with van der Waals surface area (Å²) in [5.41, 5.74) is 0.513. The lowest BCUT2D eigenvalue weighted by Gasteiger charge is -2.33. The molecule has 21 heavy (non-hydrogen) atoms. The molecule has 0 aromatic carbocycles. The van der Waals surface area contributed by atoms with Crippen LogP contribution in [0, 0.1) is 17.2 Å². The highest BCUT2D eigenvalue weighted by Crippen LogP contribution is 2.27. The number of nitrogens with one attached hydrogen (secondary N) is 1. The molecule has 0 aliphatic heterocycles. The van der Waals surface area contributed by atoms with E-state index in [2.05, 4.69) is 16.3 Å². The molecule has 1 saturated carbocycles. The van der Waals surface area contributed by atoms with Gasteiger partial charge < -0.3 is 10.4 Å². The third-order valence-corrected chi connectivity index (χ3v) is 4.96. The van der Waals surface area contributed by atoms with Gasteiger partial charge in [-0.25, -0.2) is 0 Å². The Balaban J connectivity index is 1.81. The first-order valence-corrected chi connectivity index (χ1v) is 8.10. The SMILES string of the molecule is CN(CC(=O)Nc1sccc1C#N)C1CCC(CO)CC1. The van der Waals surface area contributed by atoms with Gasteiger partial charge in [0.05, 0.1) is 12.1 Å². The molecule has 2 rings (SSSR count). The van der Waals surface area contributed by atoms with E-state index in [0.717, 1.165) is 25.7 Å². The number of thiophene rings is 1. The summed E-state index contributed by atoms with van der Waals surface area (Å²) in [5, 5.41) is 23.3. The fourth-order valence-electron chi connectivity index (χ4n) is 2.78. The van der Waals surface area contributed by atoms with Gasteiger partial charge >= 0.3 is 0 Å². The van der Waals surface area contributed by atoms with Crippen LogP contribution in [-0.2, 0) is 4.79 Å². The molecule has 1 aromatic rings. The van der Waals surface area contributed by atoms with Gasteiger partial charge in [0, 0.05) is 12.6 Å². The molecule has 0 spiro atoms. The Kier molecular flexibility index (Phi) is 5.74. The maximum atomic E-state index is 12.1. The number of hydrogen-bond donors (Lipinski definition) is 2. The van der Waals surface area contributed by atoms with Crippen molar-refractivity contribution < 1.29 is 9.90 Å². The summed E-state index contributed by atoms with van der Waals surface area (Å²) in [4.78, 5) is 14.1. The topological polar surface area (TPSA) is 76.4 Å². The van der Waals surface area contributed by atoms with Crippen molar-refractivity contribution in [2.75, 3.05) is 25.5 Å². The number of carbonyl (C=O) groups is 1. The van der Waals surface area contributed by atoms with E-state index in [0.29, 0.717) is 29.1 Å². The molecule has 0 bridgehead atoms. The predicted molar refractivity (Wildman–Crippen MR) is 83.1 cm³/mol. The summed E-state index contributed by atoms with van der Waals surface area (Å²) >= 11 is 1.37. The zero-order chi connectivity index (χ0) is 15.2. The molecular formula is C15H21N3O2S. The van der Waals surface area contributed by atoms with Gasteiger partial charge in [0.1, 0.15) is 11.1 Å². The summed E-state index contributed by atoms with van der Waals surface area (Å²) in [6.07, 6.45) is 4.10. The van der Waals surface area contributed by atoms with Gasteiger partial charge in [0.2, 0.25) is 5.91 Å². The number of hydrogen-bond acceptors (Lipinski definition) is 5. The molecule has 0 radical (unpaired) electrons. The summed E-state index contributed by atoms with van der Waals surface area (Å²) in [6, 6.07) is 4.18. The van der Waals surface area contributed by atoms with Crippen molar-refractivity contribution in [3.63, 3.8) is 0 Å². The molecule has 1 fully saturated rings. The van der Waals surface area contributed by atoms with Crippen molar-refractivity contribution in [2.45, 2.75) is 31.7 Å². The second-order valence-corrected chi connectivity index (χ2v) is 6.51. The number of amides is 1. The fraction of sp³-hybridized carbons (Fsp3) is 0.600. The van der Waals surface area contributed by atoms with Crippen LogP contribution in [0.5, 0.6) is 0 Å². The molecule has 1 aromatic heterocycles. The number of anilines is 1. The van der Waals surface area contributed by atoms with E-state index in [1.807, 2.05) is 7.05 Å². The van der Waals surface area contributed by atoms with E-state index < -0.39 is 0 Å². The standard InChI is InChI=1S/C15H21N3O2S/c1-18(13-4-2-11(10-19)3-5-13)9-14(20)17-15-12(8-16)6-7-21-15/h6-7,11,13,19H,2-5,9-10H2,1H3,(H,17,20). The van der Waals surface area contributed by atoms with Crippen LogP contribution in [0.2, 0.25) is 0 Å². The number of aliphatic hydroxyl groups is 1. The van der Waals surface area contributed by atoms with E-state index in [-0.39, 0.29) is 12.5 Å². The molecule has 1 aliphatic carbocycles. The zero-order valence-corrected chi connectivity index (χ0v) is 13.0. The Morgan fingerprint density at radius 1 is 1.52 bits per heavy atom. The summed E-state index contributed by atoms with van der Waals surface area (Å²) in [5.74, 6) is 0.341. The monoisotopic (exact) mass is 307 g/mol. The van der Waals surface area contributed by atoms with Gasteiger partial charge in [-0.15, -0.1) is 11.3 Å². The lowest BCUT2D eigenvalue weighted by molar-refractivity contribution is -0.117. The minimum absolute atomic E-state index is 0.0827. The summed E-state index contributed by atoms with van der Waals surface area (Å²) in [6.45, 7) is 0.601. The van der Waals surface area contributed by atoms with Crippen molar-refractivity contribution in [1.82, 2.24) is 4.90 Å². The van der Waals surface area contributed by atoms with Crippen molar-refractivity contribution in [3.8, 4) is 6.07 Å². The number of aliphatic hydroxyl groups excluding tert-OH is 1. The molecule has 1 aliphatic rings. The van der Waals surface area contributed by atoms with Gasteiger partial charge in [-0.2, -0.15) is 5.26 Å². The third kappa shape index (κ3) is 4.27. The fourth-order valence-corrected chi connectivity index (χ4v) is 3.54. The highest BCUT2D eigenvalue weighted by atomic mass is 32.1. The molecule has 1 amide bonds. The first-order chi connectivity index (χ1) is 10.1. The Morgan fingerprint density at radius 2 is 2.24 bits per heavy atom. The van der Waals surface area contributed by atoms with Crippen molar-refractivity contribution >= 4 is 22.2 Å². The Labute approximate surface area is 129 Å². The molecule has 6 heteroatoms. The highest BCUT2D eigenvalue weighted by molar-refractivity contribution is 7.14. The largest absolute Gasteiger partial charge is 0.396 e. The van der Waals surface area contributed by atoms with Gasteiger partial charge in [-0.1, -0.05) is 0 Å². The molecule has 2 N–H and O–H groups in total. The van der Waals surface area contributed by atoms with E-state index in [9.17, 15) is 4.79 Å². The van der Waals surface area contributed by atoms with E-state index >= 15 is 0 Å². The van der Waals surface area contributed by atoms with Crippen LogP contribution in [0.15, 0.2) is 11.4 Å².